The fraction of sp³-hybridized carbons (Fsp3) is 0.600. The van der Waals surface area contributed by atoms with Gasteiger partial charge in [0.05, 0.1) is 24.9 Å². The molecule has 1 aliphatic carbocycles. The average Bonchev–Trinajstić information content (AvgIpc) is 2.77. The van der Waals surface area contributed by atoms with Crippen LogP contribution in [0, 0.1) is 5.92 Å². The summed E-state index contributed by atoms with van der Waals surface area (Å²) in [5.41, 5.74) is 5.57. The van der Waals surface area contributed by atoms with E-state index in [1.165, 1.54) is 4.90 Å². The lowest BCUT2D eigenvalue weighted by atomic mass is 9.82. The van der Waals surface area contributed by atoms with Gasteiger partial charge in [-0.25, -0.2) is 0 Å². The first-order chi connectivity index (χ1) is 15.6. The van der Waals surface area contributed by atoms with Crippen molar-refractivity contribution in [2.24, 2.45) is 5.92 Å². The molecule has 33 heavy (non-hydrogen) atoms. The summed E-state index contributed by atoms with van der Waals surface area (Å²) in [6.07, 6.45) is 3.74. The Labute approximate surface area is 195 Å². The Balaban J connectivity index is 1.55. The maximum absolute atomic E-state index is 12.8. The van der Waals surface area contributed by atoms with E-state index in [0.29, 0.717) is 37.9 Å². The molecule has 1 heterocycles. The van der Waals surface area contributed by atoms with E-state index in [2.05, 4.69) is 37.1 Å². The number of hydrogen-bond acceptors (Lipinski definition) is 4. The zero-order chi connectivity index (χ0) is 24.2. The minimum Gasteiger partial charge on any atom is -0.356 e. The number of nitrogens with one attached hydrogen (secondary N) is 2. The van der Waals surface area contributed by atoms with E-state index in [4.69, 9.17) is 0 Å². The van der Waals surface area contributed by atoms with Crippen molar-refractivity contribution in [1.82, 2.24) is 15.5 Å². The summed E-state index contributed by atoms with van der Waals surface area (Å²) < 4.78 is 0. The van der Waals surface area contributed by atoms with Crippen LogP contribution in [-0.2, 0) is 19.8 Å². The number of quaternary nitrogens is 1. The first-order valence-corrected chi connectivity index (χ1v) is 11.9. The monoisotopic (exact) mass is 457 g/mol. The molecule has 2 fully saturated rings. The zero-order valence-corrected chi connectivity index (χ0v) is 20.0. The van der Waals surface area contributed by atoms with E-state index < -0.39 is 6.04 Å². The summed E-state index contributed by atoms with van der Waals surface area (Å²) >= 11 is 0. The summed E-state index contributed by atoms with van der Waals surface area (Å²) in [7, 11) is 0. The van der Waals surface area contributed by atoms with Gasteiger partial charge in [-0.1, -0.05) is 45.7 Å². The van der Waals surface area contributed by atoms with Gasteiger partial charge in [-0.2, -0.15) is 0 Å². The minimum absolute atomic E-state index is 0.00423. The molecule has 1 saturated heterocycles. The van der Waals surface area contributed by atoms with Gasteiger partial charge < -0.3 is 16.4 Å². The second kappa shape index (κ2) is 10.5. The van der Waals surface area contributed by atoms with E-state index in [1.807, 2.05) is 12.1 Å². The van der Waals surface area contributed by atoms with Crippen LogP contribution in [0.4, 0.5) is 0 Å². The molecule has 1 aliphatic heterocycles. The Morgan fingerprint density at radius 1 is 1.12 bits per heavy atom. The molecule has 2 aliphatic rings. The van der Waals surface area contributed by atoms with Crippen LogP contribution in [0.5, 0.6) is 0 Å². The number of carbonyl (C=O) groups excluding carboxylic acids is 4. The highest BCUT2D eigenvalue weighted by atomic mass is 16.2. The van der Waals surface area contributed by atoms with Crippen LogP contribution in [0.2, 0.25) is 0 Å². The highest BCUT2D eigenvalue weighted by molar-refractivity contribution is 6.00. The number of rotatable bonds is 7. The summed E-state index contributed by atoms with van der Waals surface area (Å²) in [5, 5.41) is 5.90. The van der Waals surface area contributed by atoms with Crippen molar-refractivity contribution in [3.63, 3.8) is 0 Å². The van der Waals surface area contributed by atoms with Crippen LogP contribution in [0.1, 0.15) is 75.2 Å². The molecule has 1 aromatic carbocycles. The van der Waals surface area contributed by atoms with Crippen LogP contribution in [0.25, 0.3) is 0 Å². The van der Waals surface area contributed by atoms with Gasteiger partial charge in [0.25, 0.3) is 5.91 Å². The normalized spacial score (nSPS) is 21.7. The SMILES string of the molecule is CC(C)(C)c1ccc(C(=O)NC(C[NH3+])CC(=O)N[C@@H]2CCCC[C@@H]2C(=O)N2CCC2=O)cc1. The fourth-order valence-electron chi connectivity index (χ4n) is 4.45. The Bertz CT molecular complexity index is 891. The molecule has 1 unspecified atom stereocenters. The summed E-state index contributed by atoms with van der Waals surface area (Å²) in [5.74, 6) is -1.12. The Hall–Kier alpha value is -2.74. The molecule has 0 bridgehead atoms. The number of amides is 4. The topological polar surface area (TPSA) is 123 Å². The predicted molar refractivity (Wildman–Crippen MR) is 124 cm³/mol. The lowest BCUT2D eigenvalue weighted by Gasteiger charge is -2.37. The van der Waals surface area contributed by atoms with Gasteiger partial charge in [-0.15, -0.1) is 0 Å². The largest absolute Gasteiger partial charge is 0.356 e. The van der Waals surface area contributed by atoms with E-state index in [1.54, 1.807) is 12.1 Å². The molecule has 0 radical (unpaired) electrons. The number of carbonyl (C=O) groups is 4. The third-order valence-electron chi connectivity index (χ3n) is 6.67. The van der Waals surface area contributed by atoms with E-state index >= 15 is 0 Å². The van der Waals surface area contributed by atoms with Crippen molar-refractivity contribution in [3.05, 3.63) is 35.4 Å². The average molecular weight is 458 g/mol. The second-order valence-corrected chi connectivity index (χ2v) is 10.2. The van der Waals surface area contributed by atoms with Crippen molar-refractivity contribution in [3.8, 4) is 0 Å². The van der Waals surface area contributed by atoms with Crippen LogP contribution < -0.4 is 16.4 Å². The van der Waals surface area contributed by atoms with Crippen molar-refractivity contribution >= 4 is 23.6 Å². The molecule has 3 atom stereocenters. The van der Waals surface area contributed by atoms with Crippen molar-refractivity contribution < 1.29 is 24.9 Å². The Morgan fingerprint density at radius 3 is 2.33 bits per heavy atom. The Kier molecular flexibility index (Phi) is 7.89. The van der Waals surface area contributed by atoms with Gasteiger partial charge in [-0.3, -0.25) is 24.1 Å². The maximum atomic E-state index is 12.8. The van der Waals surface area contributed by atoms with Crippen LogP contribution in [-0.4, -0.2) is 53.7 Å². The number of nitrogens with zero attached hydrogens (tertiary/aromatic N) is 1. The molecule has 1 saturated carbocycles. The number of imide groups is 1. The summed E-state index contributed by atoms with van der Waals surface area (Å²) in [6.45, 7) is 7.19. The van der Waals surface area contributed by atoms with Crippen molar-refractivity contribution in [2.75, 3.05) is 13.1 Å². The molecule has 3 rings (SSSR count). The lowest BCUT2D eigenvalue weighted by Crippen LogP contribution is -2.61. The van der Waals surface area contributed by atoms with Crippen LogP contribution in [0.3, 0.4) is 0 Å². The molecule has 1 aromatic rings. The molecule has 5 N–H and O–H groups in total. The zero-order valence-electron chi connectivity index (χ0n) is 20.0. The van der Waals surface area contributed by atoms with Gasteiger partial charge in [0.1, 0.15) is 0 Å². The van der Waals surface area contributed by atoms with E-state index in [-0.39, 0.29) is 47.4 Å². The first-order valence-electron chi connectivity index (χ1n) is 11.9. The first kappa shape index (κ1) is 24.9. The highest BCUT2D eigenvalue weighted by Gasteiger charge is 2.39. The third-order valence-corrected chi connectivity index (χ3v) is 6.67. The molecule has 180 valence electrons. The molecule has 4 amide bonds. The summed E-state index contributed by atoms with van der Waals surface area (Å²) in [6, 6.07) is 6.80. The maximum Gasteiger partial charge on any atom is 0.251 e. The van der Waals surface area contributed by atoms with Gasteiger partial charge in [0.2, 0.25) is 17.7 Å². The number of hydrogen-bond donors (Lipinski definition) is 3. The van der Waals surface area contributed by atoms with Crippen molar-refractivity contribution in [1.29, 1.82) is 0 Å². The Morgan fingerprint density at radius 2 is 1.79 bits per heavy atom. The number of benzene rings is 1. The molecular weight excluding hydrogens is 420 g/mol. The molecule has 8 heteroatoms. The minimum atomic E-state index is -0.408. The molecule has 0 aromatic heterocycles. The smallest absolute Gasteiger partial charge is 0.251 e. The van der Waals surface area contributed by atoms with Crippen LogP contribution in [0.15, 0.2) is 24.3 Å². The lowest BCUT2D eigenvalue weighted by molar-refractivity contribution is -0.372. The molecule has 8 nitrogen and oxygen atoms in total. The van der Waals surface area contributed by atoms with Gasteiger partial charge in [0, 0.05) is 24.6 Å². The number of β-lactam (4-membered cyclic amide) rings is 1. The van der Waals surface area contributed by atoms with Gasteiger partial charge >= 0.3 is 0 Å². The predicted octanol–water partition coefficient (Wildman–Crippen LogP) is 1.15. The van der Waals surface area contributed by atoms with E-state index in [0.717, 1.165) is 18.4 Å². The standard InChI is InChI=1S/C25H36N4O4/c1-25(2,3)17-10-8-16(9-11-17)23(32)27-18(15-26)14-21(30)28-20-7-5-4-6-19(20)24(33)29-13-12-22(29)31/h8-11,18-20H,4-7,12-15,26H2,1-3H3,(H,27,32)(H,28,30)/p+1/t18?,19-,20+/m0/s1. The summed E-state index contributed by atoms with van der Waals surface area (Å²) in [4.78, 5) is 51.2. The van der Waals surface area contributed by atoms with Crippen molar-refractivity contribution in [2.45, 2.75) is 76.8 Å². The second-order valence-electron chi connectivity index (χ2n) is 10.2. The third kappa shape index (κ3) is 6.19. The molecule has 0 spiro atoms. The van der Waals surface area contributed by atoms with E-state index in [9.17, 15) is 19.2 Å². The van der Waals surface area contributed by atoms with Gasteiger partial charge in [0.15, 0.2) is 0 Å². The fourth-order valence-corrected chi connectivity index (χ4v) is 4.45. The van der Waals surface area contributed by atoms with Gasteiger partial charge in [-0.05, 0) is 36.0 Å². The quantitative estimate of drug-likeness (QED) is 0.420. The van der Waals surface area contributed by atoms with Crippen LogP contribution >= 0.6 is 0 Å². The molecular formula is C25H37N4O4+. The highest BCUT2D eigenvalue weighted by Crippen LogP contribution is 2.28. The number of likely N-dealkylation sites (tertiary alicyclic amines) is 1.